The molecule has 3 N–H and O–H groups in total. The van der Waals surface area contributed by atoms with E-state index in [4.69, 9.17) is 9.84 Å². The van der Waals surface area contributed by atoms with Crippen LogP contribution in [0, 0.1) is 0 Å². The number of alkyl carbamates (subject to hydrolysis) is 1. The summed E-state index contributed by atoms with van der Waals surface area (Å²) in [6.07, 6.45) is -3.19. The van der Waals surface area contributed by atoms with Crippen LogP contribution in [0.3, 0.4) is 0 Å². The lowest BCUT2D eigenvalue weighted by molar-refractivity contribution is 0.0120. The summed E-state index contributed by atoms with van der Waals surface area (Å²) < 4.78 is 31.7. The Morgan fingerprint density at radius 1 is 1.48 bits per heavy atom. The molecule has 9 heteroatoms. The first-order chi connectivity index (χ1) is 9.45. The summed E-state index contributed by atoms with van der Waals surface area (Å²) in [6, 6.07) is -2.38. The summed E-state index contributed by atoms with van der Waals surface area (Å²) in [7, 11) is 0. The smallest absolute Gasteiger partial charge is 0.408 e. The zero-order chi connectivity index (χ0) is 16.4. The largest absolute Gasteiger partial charge is 0.465 e. The van der Waals surface area contributed by atoms with E-state index in [1.54, 1.807) is 20.8 Å². The molecule has 1 saturated heterocycles. The molecule has 1 fully saturated rings. The van der Waals surface area contributed by atoms with Crippen molar-refractivity contribution in [1.82, 2.24) is 10.2 Å². The minimum absolute atomic E-state index is 0.526. The number of likely N-dealkylation sites (tertiary alicyclic amines) is 1. The highest BCUT2D eigenvalue weighted by Gasteiger charge is 2.50. The van der Waals surface area contributed by atoms with Gasteiger partial charge in [0.1, 0.15) is 5.60 Å². The van der Waals surface area contributed by atoms with Gasteiger partial charge in [0, 0.05) is 6.42 Å². The molecule has 0 aromatic carbocycles. The Kier molecular flexibility index (Phi) is 4.98. The summed E-state index contributed by atoms with van der Waals surface area (Å²) >= 11 is 0. The second kappa shape index (κ2) is 6.00. The second-order valence-electron chi connectivity index (χ2n) is 5.97. The van der Waals surface area contributed by atoms with E-state index in [1.165, 1.54) is 0 Å². The number of aliphatic hydroxyl groups excluding tert-OH is 1. The predicted molar refractivity (Wildman–Crippen MR) is 68.3 cm³/mol. The van der Waals surface area contributed by atoms with Crippen LogP contribution in [-0.2, 0) is 4.74 Å². The molecule has 122 valence electrons. The first kappa shape index (κ1) is 17.4. The topological polar surface area (TPSA) is 99.1 Å². The van der Waals surface area contributed by atoms with Crippen LogP contribution in [0.2, 0.25) is 0 Å². The van der Waals surface area contributed by atoms with Crippen molar-refractivity contribution in [3.05, 3.63) is 0 Å². The summed E-state index contributed by atoms with van der Waals surface area (Å²) in [5.41, 5.74) is -0.795. The van der Waals surface area contributed by atoms with Gasteiger partial charge in [-0.25, -0.2) is 18.4 Å². The van der Waals surface area contributed by atoms with Gasteiger partial charge in [-0.3, -0.25) is 4.90 Å². The number of aliphatic hydroxyl groups is 1. The fraction of sp³-hybridized carbons (Fsp3) is 0.833. The van der Waals surface area contributed by atoms with Gasteiger partial charge in [0.25, 0.3) is 5.92 Å². The van der Waals surface area contributed by atoms with Crippen molar-refractivity contribution in [2.75, 3.05) is 13.2 Å². The Balaban J connectivity index is 2.79. The van der Waals surface area contributed by atoms with Crippen molar-refractivity contribution >= 4 is 12.2 Å². The number of carboxylic acid groups (broad SMARTS) is 1. The molecule has 0 spiro atoms. The minimum atomic E-state index is -3.19. The molecular formula is C12H20F2N2O5. The van der Waals surface area contributed by atoms with Gasteiger partial charge in [0.05, 0.1) is 25.2 Å². The Morgan fingerprint density at radius 2 is 2.05 bits per heavy atom. The van der Waals surface area contributed by atoms with Crippen LogP contribution in [-0.4, -0.2) is 64.1 Å². The quantitative estimate of drug-likeness (QED) is 0.729. The molecule has 21 heavy (non-hydrogen) atoms. The second-order valence-corrected chi connectivity index (χ2v) is 5.97. The third kappa shape index (κ3) is 5.00. The molecule has 0 bridgehead atoms. The molecule has 0 aromatic heterocycles. The summed E-state index contributed by atoms with van der Waals surface area (Å²) in [5, 5.41) is 20.5. The molecule has 0 aliphatic carbocycles. The number of carbonyl (C=O) groups excluding carboxylic acids is 1. The molecule has 2 atom stereocenters. The molecule has 1 heterocycles. The number of nitrogens with one attached hydrogen (secondary N) is 1. The van der Waals surface area contributed by atoms with Crippen LogP contribution in [0.5, 0.6) is 0 Å². The number of ether oxygens (including phenoxy) is 1. The van der Waals surface area contributed by atoms with E-state index in [0.717, 1.165) is 0 Å². The van der Waals surface area contributed by atoms with Crippen molar-refractivity contribution in [2.45, 2.75) is 50.8 Å². The highest BCUT2D eigenvalue weighted by atomic mass is 19.3. The zero-order valence-electron chi connectivity index (χ0n) is 12.1. The van der Waals surface area contributed by atoms with Crippen molar-refractivity contribution < 1.29 is 33.3 Å². The Bertz CT molecular complexity index is 411. The van der Waals surface area contributed by atoms with Gasteiger partial charge >= 0.3 is 12.2 Å². The van der Waals surface area contributed by atoms with Gasteiger partial charge in [0.2, 0.25) is 0 Å². The number of rotatable bonds is 3. The zero-order valence-corrected chi connectivity index (χ0v) is 12.1. The van der Waals surface area contributed by atoms with Crippen LogP contribution < -0.4 is 5.32 Å². The molecule has 7 nitrogen and oxygen atoms in total. The number of carbonyl (C=O) groups is 2. The lowest BCUT2D eigenvalue weighted by Gasteiger charge is -2.29. The van der Waals surface area contributed by atoms with E-state index in [9.17, 15) is 23.5 Å². The standard InChI is InChI=1S/C12H20F2N2O5/c1-11(2,3)21-9(18)15-7(5-17)8-4-12(13,14)6-16(8)10(19)20/h7-8,17H,4-6H2,1-3H3,(H,15,18)(H,19,20)/t7-,8?/m1/s1. The first-order valence-electron chi connectivity index (χ1n) is 6.43. The molecule has 1 unspecified atom stereocenters. The van der Waals surface area contributed by atoms with E-state index in [1.807, 2.05) is 0 Å². The van der Waals surface area contributed by atoms with E-state index in [0.29, 0.717) is 4.90 Å². The maximum absolute atomic E-state index is 13.4. The van der Waals surface area contributed by atoms with Crippen molar-refractivity contribution in [3.63, 3.8) is 0 Å². The average Bonchev–Trinajstić information content (AvgIpc) is 2.60. The molecule has 0 saturated carbocycles. The minimum Gasteiger partial charge on any atom is -0.465 e. The predicted octanol–water partition coefficient (Wildman–Crippen LogP) is 1.26. The fourth-order valence-electron chi connectivity index (χ4n) is 2.14. The van der Waals surface area contributed by atoms with Crippen molar-refractivity contribution in [2.24, 2.45) is 0 Å². The Labute approximate surface area is 120 Å². The van der Waals surface area contributed by atoms with Crippen LogP contribution in [0.4, 0.5) is 18.4 Å². The van der Waals surface area contributed by atoms with Crippen molar-refractivity contribution in [3.8, 4) is 0 Å². The molecule has 1 aliphatic heterocycles. The van der Waals surface area contributed by atoms with Crippen LogP contribution in [0.15, 0.2) is 0 Å². The summed E-state index contributed by atoms with van der Waals surface area (Å²) in [6.45, 7) is 3.22. The van der Waals surface area contributed by atoms with Crippen molar-refractivity contribution in [1.29, 1.82) is 0 Å². The maximum atomic E-state index is 13.4. The lowest BCUT2D eigenvalue weighted by atomic mass is 10.1. The average molecular weight is 310 g/mol. The number of amides is 2. The number of hydrogen-bond acceptors (Lipinski definition) is 4. The van der Waals surface area contributed by atoms with E-state index >= 15 is 0 Å². The Hall–Kier alpha value is -1.64. The molecule has 0 radical (unpaired) electrons. The summed E-state index contributed by atoms with van der Waals surface area (Å²) in [4.78, 5) is 23.2. The maximum Gasteiger partial charge on any atom is 0.408 e. The Morgan fingerprint density at radius 3 is 2.48 bits per heavy atom. The molecule has 0 aromatic rings. The van der Waals surface area contributed by atoms with Crippen LogP contribution in [0.1, 0.15) is 27.2 Å². The number of alkyl halides is 2. The SMILES string of the molecule is CC(C)(C)OC(=O)N[C@H](CO)C1CC(F)(F)CN1C(=O)O. The fourth-order valence-corrected chi connectivity index (χ4v) is 2.14. The normalized spacial score (nSPS) is 22.8. The third-order valence-corrected chi connectivity index (χ3v) is 2.92. The van der Waals surface area contributed by atoms with Gasteiger partial charge in [-0.1, -0.05) is 0 Å². The highest BCUT2D eigenvalue weighted by Crippen LogP contribution is 2.33. The molecular weight excluding hydrogens is 290 g/mol. The third-order valence-electron chi connectivity index (χ3n) is 2.92. The van der Waals surface area contributed by atoms with Crippen LogP contribution in [0.25, 0.3) is 0 Å². The van der Waals surface area contributed by atoms with Gasteiger partial charge in [-0.05, 0) is 20.8 Å². The van der Waals surface area contributed by atoms with Crippen LogP contribution >= 0.6 is 0 Å². The number of hydrogen-bond donors (Lipinski definition) is 3. The van der Waals surface area contributed by atoms with Gasteiger partial charge in [-0.15, -0.1) is 0 Å². The molecule has 2 amide bonds. The number of halogens is 2. The number of nitrogens with zero attached hydrogens (tertiary/aromatic N) is 1. The highest BCUT2D eigenvalue weighted by molar-refractivity contribution is 5.69. The molecule has 1 rings (SSSR count). The lowest BCUT2D eigenvalue weighted by Crippen LogP contribution is -2.53. The van der Waals surface area contributed by atoms with E-state index < -0.39 is 55.4 Å². The van der Waals surface area contributed by atoms with Gasteiger partial charge in [0.15, 0.2) is 0 Å². The summed E-state index contributed by atoms with van der Waals surface area (Å²) in [5.74, 6) is -3.19. The first-order valence-corrected chi connectivity index (χ1v) is 6.43. The monoisotopic (exact) mass is 310 g/mol. The van der Waals surface area contributed by atoms with E-state index in [2.05, 4.69) is 5.32 Å². The van der Waals surface area contributed by atoms with Gasteiger partial charge < -0.3 is 20.3 Å². The molecule has 1 aliphatic rings. The van der Waals surface area contributed by atoms with Gasteiger partial charge in [-0.2, -0.15) is 0 Å². The van der Waals surface area contributed by atoms with E-state index in [-0.39, 0.29) is 0 Å².